The minimum atomic E-state index is -0.634. The highest BCUT2D eigenvalue weighted by molar-refractivity contribution is 6.39. The molecule has 1 aliphatic carbocycles. The fourth-order valence-corrected chi connectivity index (χ4v) is 2.60. The van der Waals surface area contributed by atoms with Crippen molar-refractivity contribution in [2.45, 2.75) is 51.7 Å². The summed E-state index contributed by atoms with van der Waals surface area (Å²) in [6.45, 7) is 6.72. The van der Waals surface area contributed by atoms with E-state index >= 15 is 0 Å². The standard InChI is InChI=1S/C19H30N4O2/c1-13(2)22(4)17-8-6-7-15(11-17)21-19(25)18(24)20-12-14(3)23(5)16-9-10-16/h6-8,11,13-14,16H,9-10,12H2,1-5H3,(H,20,24)(H,21,25)/t14-/m1/s1. The first-order valence-corrected chi connectivity index (χ1v) is 8.93. The maximum absolute atomic E-state index is 12.1. The van der Waals surface area contributed by atoms with E-state index in [-0.39, 0.29) is 6.04 Å². The average molecular weight is 346 g/mol. The summed E-state index contributed by atoms with van der Waals surface area (Å²) in [5, 5.41) is 5.39. The lowest BCUT2D eigenvalue weighted by Crippen LogP contribution is -2.44. The summed E-state index contributed by atoms with van der Waals surface area (Å²) >= 11 is 0. The van der Waals surface area contributed by atoms with Crippen LogP contribution in [-0.4, -0.2) is 55.5 Å². The van der Waals surface area contributed by atoms with Gasteiger partial charge in [-0.3, -0.25) is 14.5 Å². The van der Waals surface area contributed by atoms with Crippen molar-refractivity contribution in [3.05, 3.63) is 24.3 Å². The van der Waals surface area contributed by atoms with Crippen LogP contribution in [-0.2, 0) is 9.59 Å². The number of hydrogen-bond donors (Lipinski definition) is 2. The summed E-state index contributed by atoms with van der Waals surface area (Å²) in [5.41, 5.74) is 1.61. The second-order valence-corrected chi connectivity index (χ2v) is 7.16. The topological polar surface area (TPSA) is 64.7 Å². The molecule has 0 spiro atoms. The molecule has 1 saturated carbocycles. The molecule has 1 fully saturated rings. The van der Waals surface area contributed by atoms with Gasteiger partial charge in [-0.15, -0.1) is 0 Å². The number of nitrogens with zero attached hydrogens (tertiary/aromatic N) is 2. The van der Waals surface area contributed by atoms with Crippen LogP contribution >= 0.6 is 0 Å². The third kappa shape index (κ3) is 5.46. The summed E-state index contributed by atoms with van der Waals surface area (Å²) in [7, 11) is 4.06. The molecule has 0 aromatic heterocycles. The summed E-state index contributed by atoms with van der Waals surface area (Å²) in [4.78, 5) is 28.5. The van der Waals surface area contributed by atoms with Crippen molar-refractivity contribution in [1.82, 2.24) is 10.2 Å². The molecule has 2 amide bonds. The summed E-state index contributed by atoms with van der Waals surface area (Å²) < 4.78 is 0. The van der Waals surface area contributed by atoms with Crippen molar-refractivity contribution in [2.75, 3.05) is 30.9 Å². The number of amides is 2. The molecule has 0 heterocycles. The van der Waals surface area contributed by atoms with E-state index in [1.54, 1.807) is 6.07 Å². The van der Waals surface area contributed by atoms with Crippen LogP contribution in [0.4, 0.5) is 11.4 Å². The van der Waals surface area contributed by atoms with Crippen molar-refractivity contribution >= 4 is 23.2 Å². The molecule has 1 aliphatic rings. The minimum Gasteiger partial charge on any atom is -0.372 e. The highest BCUT2D eigenvalue weighted by Gasteiger charge is 2.29. The predicted octanol–water partition coefficient (Wildman–Crippen LogP) is 2.07. The van der Waals surface area contributed by atoms with Crippen LogP contribution in [0.3, 0.4) is 0 Å². The SMILES string of the molecule is CC(C)N(C)c1cccc(NC(=O)C(=O)NC[C@@H](C)N(C)C2CC2)c1. The Morgan fingerprint density at radius 1 is 1.16 bits per heavy atom. The molecule has 0 bridgehead atoms. The van der Waals surface area contributed by atoms with Crippen LogP contribution in [0.1, 0.15) is 33.6 Å². The molecule has 138 valence electrons. The molecule has 0 aliphatic heterocycles. The Labute approximate surface area is 150 Å². The lowest BCUT2D eigenvalue weighted by Gasteiger charge is -2.24. The van der Waals surface area contributed by atoms with Crippen LogP contribution in [0, 0.1) is 0 Å². The van der Waals surface area contributed by atoms with Gasteiger partial charge in [0.25, 0.3) is 0 Å². The van der Waals surface area contributed by atoms with Gasteiger partial charge in [0, 0.05) is 43.1 Å². The molecule has 2 N–H and O–H groups in total. The zero-order chi connectivity index (χ0) is 18.6. The maximum atomic E-state index is 12.1. The molecular formula is C19H30N4O2. The van der Waals surface area contributed by atoms with E-state index in [9.17, 15) is 9.59 Å². The van der Waals surface area contributed by atoms with Crippen LogP contribution in [0.5, 0.6) is 0 Å². The zero-order valence-corrected chi connectivity index (χ0v) is 15.9. The number of rotatable bonds is 7. The molecule has 2 rings (SSSR count). The quantitative estimate of drug-likeness (QED) is 0.742. The highest BCUT2D eigenvalue weighted by atomic mass is 16.2. The van der Waals surface area contributed by atoms with Gasteiger partial charge < -0.3 is 15.5 Å². The highest BCUT2D eigenvalue weighted by Crippen LogP contribution is 2.26. The molecule has 0 saturated heterocycles. The minimum absolute atomic E-state index is 0.215. The first-order valence-electron chi connectivity index (χ1n) is 8.93. The first-order chi connectivity index (χ1) is 11.8. The number of likely N-dealkylation sites (N-methyl/N-ethyl adjacent to an activating group) is 1. The van der Waals surface area contributed by atoms with E-state index in [4.69, 9.17) is 0 Å². The van der Waals surface area contributed by atoms with Crippen molar-refractivity contribution in [3.8, 4) is 0 Å². The fourth-order valence-electron chi connectivity index (χ4n) is 2.60. The van der Waals surface area contributed by atoms with Gasteiger partial charge in [-0.1, -0.05) is 6.07 Å². The Balaban J connectivity index is 1.86. The van der Waals surface area contributed by atoms with Gasteiger partial charge in [0.2, 0.25) is 0 Å². The lowest BCUT2D eigenvalue weighted by molar-refractivity contribution is -0.136. The number of anilines is 2. The second-order valence-electron chi connectivity index (χ2n) is 7.16. The monoisotopic (exact) mass is 346 g/mol. The summed E-state index contributed by atoms with van der Waals surface area (Å²) in [5.74, 6) is -1.23. The van der Waals surface area contributed by atoms with Gasteiger partial charge >= 0.3 is 11.8 Å². The molecule has 0 unspecified atom stereocenters. The number of nitrogens with one attached hydrogen (secondary N) is 2. The summed E-state index contributed by atoms with van der Waals surface area (Å²) in [6, 6.07) is 8.69. The number of hydrogen-bond acceptors (Lipinski definition) is 4. The Kier molecular flexibility index (Phi) is 6.42. The van der Waals surface area contributed by atoms with Gasteiger partial charge in [0.15, 0.2) is 0 Å². The van der Waals surface area contributed by atoms with Crippen molar-refractivity contribution in [1.29, 1.82) is 0 Å². The molecule has 1 aromatic rings. The van der Waals surface area contributed by atoms with Crippen molar-refractivity contribution < 1.29 is 9.59 Å². The molecule has 25 heavy (non-hydrogen) atoms. The third-order valence-electron chi connectivity index (χ3n) is 4.87. The van der Waals surface area contributed by atoms with Crippen LogP contribution < -0.4 is 15.5 Å². The van der Waals surface area contributed by atoms with Crippen molar-refractivity contribution in [2.24, 2.45) is 0 Å². The molecule has 1 atom stereocenters. The number of benzene rings is 1. The zero-order valence-electron chi connectivity index (χ0n) is 15.9. The first kappa shape index (κ1) is 19.2. The lowest BCUT2D eigenvalue weighted by atomic mass is 10.2. The smallest absolute Gasteiger partial charge is 0.313 e. The third-order valence-corrected chi connectivity index (χ3v) is 4.87. The Hall–Kier alpha value is -2.08. The van der Waals surface area contributed by atoms with E-state index in [1.807, 2.05) is 25.2 Å². The van der Waals surface area contributed by atoms with Crippen LogP contribution in [0.25, 0.3) is 0 Å². The van der Waals surface area contributed by atoms with Crippen LogP contribution in [0.2, 0.25) is 0 Å². The van der Waals surface area contributed by atoms with Gasteiger partial charge in [0.05, 0.1) is 0 Å². The average Bonchev–Trinajstić information content (AvgIpc) is 3.43. The summed E-state index contributed by atoms with van der Waals surface area (Å²) in [6.07, 6.45) is 2.44. The van der Waals surface area contributed by atoms with E-state index < -0.39 is 11.8 Å². The van der Waals surface area contributed by atoms with Crippen LogP contribution in [0.15, 0.2) is 24.3 Å². The largest absolute Gasteiger partial charge is 0.372 e. The Morgan fingerprint density at radius 3 is 2.44 bits per heavy atom. The second kappa shape index (κ2) is 8.34. The molecule has 6 nitrogen and oxygen atoms in total. The Bertz CT molecular complexity index is 613. The predicted molar refractivity (Wildman–Crippen MR) is 102 cm³/mol. The number of carbonyl (C=O) groups is 2. The van der Waals surface area contributed by atoms with Gasteiger partial charge in [-0.25, -0.2) is 0 Å². The number of carbonyl (C=O) groups excluding carboxylic acids is 2. The molecular weight excluding hydrogens is 316 g/mol. The van der Waals surface area contributed by atoms with Gasteiger partial charge in [0.1, 0.15) is 0 Å². The molecule has 0 radical (unpaired) electrons. The Morgan fingerprint density at radius 2 is 1.84 bits per heavy atom. The maximum Gasteiger partial charge on any atom is 0.313 e. The van der Waals surface area contributed by atoms with E-state index in [1.165, 1.54) is 12.8 Å². The molecule has 1 aromatic carbocycles. The fraction of sp³-hybridized carbons (Fsp3) is 0.579. The van der Waals surface area contributed by atoms with Crippen molar-refractivity contribution in [3.63, 3.8) is 0 Å². The molecule has 6 heteroatoms. The van der Waals surface area contributed by atoms with Gasteiger partial charge in [-0.05, 0) is 58.9 Å². The van der Waals surface area contributed by atoms with E-state index in [0.717, 1.165) is 5.69 Å². The van der Waals surface area contributed by atoms with E-state index in [2.05, 4.69) is 48.3 Å². The van der Waals surface area contributed by atoms with Gasteiger partial charge in [-0.2, -0.15) is 0 Å². The normalized spacial score (nSPS) is 15.2. The van der Waals surface area contributed by atoms with E-state index in [0.29, 0.717) is 24.3 Å².